The minimum atomic E-state index is -0.466. The lowest BCUT2D eigenvalue weighted by atomic mass is 10.3. The Bertz CT molecular complexity index is 398. The van der Waals surface area contributed by atoms with E-state index in [0.29, 0.717) is 24.9 Å². The fraction of sp³-hybridized carbons (Fsp3) is 0.571. The Hall–Kier alpha value is -1.33. The van der Waals surface area contributed by atoms with E-state index in [4.69, 9.17) is 21.1 Å². The van der Waals surface area contributed by atoms with Crippen LogP contribution in [0.15, 0.2) is 18.3 Å². The van der Waals surface area contributed by atoms with Crippen molar-refractivity contribution in [3.8, 4) is 0 Å². The molecule has 0 fully saturated rings. The summed E-state index contributed by atoms with van der Waals surface area (Å²) in [5, 5.41) is 3.08. The molecule has 0 aliphatic rings. The van der Waals surface area contributed by atoms with Crippen molar-refractivity contribution in [1.29, 1.82) is 0 Å². The van der Waals surface area contributed by atoms with Crippen molar-refractivity contribution in [2.45, 2.75) is 39.3 Å². The summed E-state index contributed by atoms with van der Waals surface area (Å²) in [7, 11) is 0. The van der Waals surface area contributed by atoms with Gasteiger partial charge in [-0.25, -0.2) is 9.78 Å². The lowest BCUT2D eigenvalue weighted by molar-refractivity contribution is 0.0275. The summed E-state index contributed by atoms with van der Waals surface area (Å²) < 4.78 is 10.5. The van der Waals surface area contributed by atoms with Gasteiger partial charge in [-0.15, -0.1) is 0 Å². The highest BCUT2D eigenvalue weighted by Crippen LogP contribution is 2.05. The highest BCUT2D eigenvalue weighted by molar-refractivity contribution is 6.29. The molecule has 20 heavy (non-hydrogen) atoms. The molecule has 1 rings (SSSR count). The Morgan fingerprint density at radius 2 is 2.30 bits per heavy atom. The van der Waals surface area contributed by atoms with Crippen molar-refractivity contribution in [3.05, 3.63) is 29.0 Å². The average Bonchev–Trinajstić information content (AvgIpc) is 2.43. The number of aromatic nitrogens is 1. The van der Waals surface area contributed by atoms with Crippen molar-refractivity contribution in [2.24, 2.45) is 0 Å². The van der Waals surface area contributed by atoms with E-state index < -0.39 is 6.09 Å². The molecule has 1 N–H and O–H groups in total. The first-order chi connectivity index (χ1) is 9.61. The van der Waals surface area contributed by atoms with Crippen LogP contribution in [0.5, 0.6) is 0 Å². The third kappa shape index (κ3) is 7.31. The van der Waals surface area contributed by atoms with Gasteiger partial charge in [-0.1, -0.05) is 31.0 Å². The monoisotopic (exact) mass is 300 g/mol. The van der Waals surface area contributed by atoms with Gasteiger partial charge in [0.2, 0.25) is 0 Å². The third-order valence-corrected chi connectivity index (χ3v) is 2.75. The van der Waals surface area contributed by atoms with E-state index in [1.165, 1.54) is 0 Å². The number of nitrogens with zero attached hydrogens (tertiary/aromatic N) is 1. The zero-order valence-corrected chi connectivity index (χ0v) is 12.7. The molecule has 1 aromatic rings. The lowest BCUT2D eigenvalue weighted by Gasteiger charge is -2.14. The molecule has 0 radical (unpaired) electrons. The summed E-state index contributed by atoms with van der Waals surface area (Å²) in [6, 6.07) is 3.47. The number of alkyl carbamates (subject to hydrolysis) is 1. The molecule has 1 aromatic heterocycles. The molecular weight excluding hydrogens is 280 g/mol. The Morgan fingerprint density at radius 3 is 2.95 bits per heavy atom. The van der Waals surface area contributed by atoms with Crippen molar-refractivity contribution < 1.29 is 14.3 Å². The van der Waals surface area contributed by atoms with Crippen LogP contribution in [0.4, 0.5) is 4.79 Å². The van der Waals surface area contributed by atoms with Gasteiger partial charge in [0.05, 0.1) is 6.61 Å². The topological polar surface area (TPSA) is 60.5 Å². The van der Waals surface area contributed by atoms with Gasteiger partial charge in [-0.2, -0.15) is 0 Å². The maximum atomic E-state index is 11.5. The number of rotatable bonds is 8. The first-order valence-corrected chi connectivity index (χ1v) is 7.12. The lowest BCUT2D eigenvalue weighted by Crippen LogP contribution is -2.29. The number of pyridine rings is 1. The minimum Gasteiger partial charge on any atom is -0.444 e. The van der Waals surface area contributed by atoms with Gasteiger partial charge in [-0.3, -0.25) is 0 Å². The Kier molecular flexibility index (Phi) is 7.99. The van der Waals surface area contributed by atoms with E-state index >= 15 is 0 Å². The third-order valence-electron chi connectivity index (χ3n) is 2.53. The molecule has 0 saturated carbocycles. The van der Waals surface area contributed by atoms with E-state index in [1.807, 2.05) is 0 Å². The van der Waals surface area contributed by atoms with Crippen LogP contribution in [-0.4, -0.2) is 30.4 Å². The minimum absolute atomic E-state index is 0.268. The van der Waals surface area contributed by atoms with Crippen molar-refractivity contribution in [1.82, 2.24) is 10.3 Å². The molecule has 0 saturated heterocycles. The first-order valence-electron chi connectivity index (χ1n) is 6.74. The zero-order valence-electron chi connectivity index (χ0n) is 11.9. The Labute approximate surface area is 124 Å². The van der Waals surface area contributed by atoms with E-state index in [9.17, 15) is 4.79 Å². The second kappa shape index (κ2) is 9.55. The Balaban J connectivity index is 2.17. The van der Waals surface area contributed by atoms with Gasteiger partial charge >= 0.3 is 6.09 Å². The number of nitrogens with one attached hydrogen (secondary N) is 1. The van der Waals surface area contributed by atoms with Gasteiger partial charge in [-0.05, 0) is 25.0 Å². The number of ether oxygens (including phenoxy) is 2. The number of carbonyl (C=O) groups is 1. The summed E-state index contributed by atoms with van der Waals surface area (Å²) in [5.41, 5.74) is 0.859. The van der Waals surface area contributed by atoms with Gasteiger partial charge in [0.25, 0.3) is 0 Å². The molecular formula is C14H21ClN2O3. The number of amides is 1. The van der Waals surface area contributed by atoms with Crippen LogP contribution in [0.25, 0.3) is 0 Å². The molecule has 1 unspecified atom stereocenters. The number of unbranched alkanes of at least 4 members (excludes halogenated alkanes) is 1. The van der Waals surface area contributed by atoms with E-state index in [1.54, 1.807) is 25.3 Å². The van der Waals surface area contributed by atoms with Crippen LogP contribution in [-0.2, 0) is 16.0 Å². The summed E-state index contributed by atoms with van der Waals surface area (Å²) in [5.74, 6) is 0. The molecule has 1 heterocycles. The molecule has 0 aliphatic heterocycles. The van der Waals surface area contributed by atoms with E-state index in [-0.39, 0.29) is 6.10 Å². The van der Waals surface area contributed by atoms with Crippen LogP contribution in [0.2, 0.25) is 5.15 Å². The quantitative estimate of drug-likeness (QED) is 0.592. The van der Waals surface area contributed by atoms with Gasteiger partial charge in [0.15, 0.2) is 0 Å². The van der Waals surface area contributed by atoms with Crippen LogP contribution in [0.3, 0.4) is 0 Å². The van der Waals surface area contributed by atoms with E-state index in [0.717, 1.165) is 18.4 Å². The SMILES string of the molecule is CCCCOCC(C)OC(=O)NCc1ccc(Cl)nc1. The van der Waals surface area contributed by atoms with Crippen molar-refractivity contribution >= 4 is 17.7 Å². The van der Waals surface area contributed by atoms with Crippen LogP contribution < -0.4 is 5.32 Å². The van der Waals surface area contributed by atoms with Gasteiger partial charge in [0.1, 0.15) is 11.3 Å². The molecule has 6 heteroatoms. The number of carbonyl (C=O) groups excluding carboxylic acids is 1. The summed E-state index contributed by atoms with van der Waals surface area (Å²) in [4.78, 5) is 15.5. The molecule has 112 valence electrons. The number of hydrogen-bond acceptors (Lipinski definition) is 4. The summed E-state index contributed by atoms with van der Waals surface area (Å²) >= 11 is 5.68. The molecule has 1 atom stereocenters. The number of halogens is 1. The summed E-state index contributed by atoms with van der Waals surface area (Å²) in [6.45, 7) is 5.36. The average molecular weight is 301 g/mol. The second-order valence-corrected chi connectivity index (χ2v) is 4.87. The highest BCUT2D eigenvalue weighted by Gasteiger charge is 2.09. The first kappa shape index (κ1) is 16.7. The molecule has 1 amide bonds. The van der Waals surface area contributed by atoms with Crippen LogP contribution in [0, 0.1) is 0 Å². The maximum Gasteiger partial charge on any atom is 0.407 e. The molecule has 0 bridgehead atoms. The highest BCUT2D eigenvalue weighted by atomic mass is 35.5. The molecule has 5 nitrogen and oxygen atoms in total. The van der Waals surface area contributed by atoms with E-state index in [2.05, 4.69) is 17.2 Å². The second-order valence-electron chi connectivity index (χ2n) is 4.49. The van der Waals surface area contributed by atoms with Crippen molar-refractivity contribution in [3.63, 3.8) is 0 Å². The molecule has 0 aromatic carbocycles. The zero-order chi connectivity index (χ0) is 14.8. The predicted octanol–water partition coefficient (Wildman–Crippen LogP) is 3.17. The normalized spacial score (nSPS) is 11.9. The standard InChI is InChI=1S/C14H21ClN2O3/c1-3-4-7-19-10-11(2)20-14(18)17-9-12-5-6-13(15)16-8-12/h5-6,8,11H,3-4,7,9-10H2,1-2H3,(H,17,18). The van der Waals surface area contributed by atoms with Crippen molar-refractivity contribution in [2.75, 3.05) is 13.2 Å². The van der Waals surface area contributed by atoms with Crippen LogP contribution in [0.1, 0.15) is 32.3 Å². The van der Waals surface area contributed by atoms with Crippen LogP contribution >= 0.6 is 11.6 Å². The van der Waals surface area contributed by atoms with Gasteiger partial charge in [0, 0.05) is 19.3 Å². The predicted molar refractivity (Wildman–Crippen MR) is 77.8 cm³/mol. The largest absolute Gasteiger partial charge is 0.444 e. The summed E-state index contributed by atoms with van der Waals surface area (Å²) in [6.07, 6.45) is 2.98. The fourth-order valence-electron chi connectivity index (χ4n) is 1.44. The van der Waals surface area contributed by atoms with Gasteiger partial charge < -0.3 is 14.8 Å². The molecule has 0 aliphatic carbocycles. The Morgan fingerprint density at radius 1 is 1.50 bits per heavy atom. The fourth-order valence-corrected chi connectivity index (χ4v) is 1.55. The maximum absolute atomic E-state index is 11.5. The smallest absolute Gasteiger partial charge is 0.407 e. The molecule has 0 spiro atoms. The number of hydrogen-bond donors (Lipinski definition) is 1.